The van der Waals surface area contributed by atoms with Gasteiger partial charge in [-0.2, -0.15) is 8.78 Å². The standard InChI is InChI=1S/C18H17F5O3/c1-2-7-18(8-4-3-5-10(18)24)9-6-11(25)26-17-15(22)13(20)12(19)14(21)16(17)23/h2H,1,3-9H2/t18-/m1/s1. The number of hydrogen-bond acceptors (Lipinski definition) is 3. The molecular formula is C18H17F5O3. The number of halogens is 5. The van der Waals surface area contributed by atoms with E-state index in [-0.39, 0.29) is 12.2 Å². The molecule has 0 aliphatic heterocycles. The molecule has 1 aliphatic rings. The molecule has 1 aliphatic carbocycles. The Morgan fingerprint density at radius 1 is 1.04 bits per heavy atom. The van der Waals surface area contributed by atoms with E-state index in [9.17, 15) is 31.5 Å². The molecule has 0 saturated heterocycles. The monoisotopic (exact) mass is 376 g/mol. The van der Waals surface area contributed by atoms with Crippen LogP contribution in [-0.4, -0.2) is 11.8 Å². The molecule has 0 aromatic heterocycles. The molecule has 8 heteroatoms. The zero-order chi connectivity index (χ0) is 19.5. The predicted molar refractivity (Wildman–Crippen MR) is 81.8 cm³/mol. The van der Waals surface area contributed by atoms with E-state index in [4.69, 9.17) is 0 Å². The van der Waals surface area contributed by atoms with Gasteiger partial charge in [-0.15, -0.1) is 6.58 Å². The lowest BCUT2D eigenvalue weighted by Crippen LogP contribution is -2.34. The van der Waals surface area contributed by atoms with E-state index in [1.807, 2.05) is 0 Å². The number of carbonyl (C=O) groups is 2. The SMILES string of the molecule is C=CC[C@]1(CCC(=O)Oc2c(F)c(F)c(F)c(F)c2F)CCCCC1=O. The molecule has 1 fully saturated rings. The molecule has 0 N–H and O–H groups in total. The van der Waals surface area contributed by atoms with Gasteiger partial charge >= 0.3 is 5.97 Å². The molecule has 142 valence electrons. The highest BCUT2D eigenvalue weighted by Gasteiger charge is 2.39. The molecule has 0 amide bonds. The van der Waals surface area contributed by atoms with Gasteiger partial charge in [-0.3, -0.25) is 9.59 Å². The van der Waals surface area contributed by atoms with Crippen molar-refractivity contribution < 1.29 is 36.3 Å². The number of allylic oxidation sites excluding steroid dienone is 1. The third-order valence-corrected chi connectivity index (χ3v) is 4.63. The average molecular weight is 376 g/mol. The van der Waals surface area contributed by atoms with Crippen molar-refractivity contribution in [3.8, 4) is 5.75 Å². The predicted octanol–water partition coefficient (Wildman–Crippen LogP) is 4.77. The van der Waals surface area contributed by atoms with Crippen LogP contribution in [0.1, 0.15) is 44.9 Å². The first kappa shape index (κ1) is 20.1. The van der Waals surface area contributed by atoms with Gasteiger partial charge in [0.05, 0.1) is 0 Å². The van der Waals surface area contributed by atoms with Crippen molar-refractivity contribution in [2.24, 2.45) is 5.41 Å². The Balaban J connectivity index is 2.14. The Labute approximate surface area is 146 Å². The fourth-order valence-corrected chi connectivity index (χ4v) is 3.19. The zero-order valence-corrected chi connectivity index (χ0v) is 13.8. The first-order valence-corrected chi connectivity index (χ1v) is 8.10. The smallest absolute Gasteiger partial charge is 0.311 e. The van der Waals surface area contributed by atoms with Crippen molar-refractivity contribution in [2.75, 3.05) is 0 Å². The fraction of sp³-hybridized carbons (Fsp3) is 0.444. The van der Waals surface area contributed by atoms with E-state index < -0.39 is 52.6 Å². The summed E-state index contributed by atoms with van der Waals surface area (Å²) in [4.78, 5) is 24.1. The lowest BCUT2D eigenvalue weighted by Gasteiger charge is -2.34. The van der Waals surface area contributed by atoms with E-state index >= 15 is 0 Å². The fourth-order valence-electron chi connectivity index (χ4n) is 3.19. The summed E-state index contributed by atoms with van der Waals surface area (Å²) in [5.41, 5.74) is -0.810. The van der Waals surface area contributed by atoms with Gasteiger partial charge in [0.1, 0.15) is 5.78 Å². The molecule has 0 spiro atoms. The van der Waals surface area contributed by atoms with Crippen LogP contribution in [-0.2, 0) is 9.59 Å². The normalized spacial score (nSPS) is 20.1. The number of Topliss-reactive ketones (excluding diaryl/α,β-unsaturated/α-hetero) is 1. The van der Waals surface area contributed by atoms with Crippen LogP contribution in [0.4, 0.5) is 22.0 Å². The maximum atomic E-state index is 13.6. The van der Waals surface area contributed by atoms with Gasteiger partial charge in [-0.05, 0) is 25.7 Å². The van der Waals surface area contributed by atoms with Gasteiger partial charge in [0.25, 0.3) is 0 Å². The molecule has 3 nitrogen and oxygen atoms in total. The second-order valence-corrected chi connectivity index (χ2v) is 6.28. The summed E-state index contributed by atoms with van der Waals surface area (Å²) in [7, 11) is 0. The third-order valence-electron chi connectivity index (χ3n) is 4.63. The quantitative estimate of drug-likeness (QED) is 0.179. The van der Waals surface area contributed by atoms with Crippen LogP contribution in [0, 0.1) is 34.5 Å². The number of ether oxygens (including phenoxy) is 1. The van der Waals surface area contributed by atoms with Gasteiger partial charge < -0.3 is 4.74 Å². The van der Waals surface area contributed by atoms with Gasteiger partial charge in [0, 0.05) is 18.3 Å². The topological polar surface area (TPSA) is 43.4 Å². The van der Waals surface area contributed by atoms with Crippen molar-refractivity contribution in [1.82, 2.24) is 0 Å². The Bertz CT molecular complexity index is 718. The average Bonchev–Trinajstić information content (AvgIpc) is 2.63. The number of rotatable bonds is 6. The number of esters is 1. The molecule has 1 saturated carbocycles. The Morgan fingerprint density at radius 2 is 1.62 bits per heavy atom. The van der Waals surface area contributed by atoms with Crippen molar-refractivity contribution in [1.29, 1.82) is 0 Å². The summed E-state index contributed by atoms with van der Waals surface area (Å²) >= 11 is 0. The van der Waals surface area contributed by atoms with Crippen LogP contribution in [0.25, 0.3) is 0 Å². The largest absolute Gasteiger partial charge is 0.420 e. The van der Waals surface area contributed by atoms with E-state index in [1.54, 1.807) is 6.08 Å². The minimum atomic E-state index is -2.34. The van der Waals surface area contributed by atoms with Crippen LogP contribution in [0.3, 0.4) is 0 Å². The number of benzene rings is 1. The number of hydrogen-bond donors (Lipinski definition) is 0. The summed E-state index contributed by atoms with van der Waals surface area (Å²) in [5.74, 6) is -14.0. The minimum Gasteiger partial charge on any atom is -0.420 e. The Morgan fingerprint density at radius 3 is 2.15 bits per heavy atom. The molecule has 0 radical (unpaired) electrons. The second-order valence-electron chi connectivity index (χ2n) is 6.28. The van der Waals surface area contributed by atoms with Crippen molar-refractivity contribution >= 4 is 11.8 Å². The molecule has 2 rings (SSSR count). The second kappa shape index (κ2) is 7.97. The van der Waals surface area contributed by atoms with Crippen LogP contribution < -0.4 is 4.74 Å². The molecule has 0 bridgehead atoms. The highest BCUT2D eigenvalue weighted by molar-refractivity contribution is 5.86. The van der Waals surface area contributed by atoms with Crippen LogP contribution >= 0.6 is 0 Å². The summed E-state index contributed by atoms with van der Waals surface area (Å²) in [5, 5.41) is 0. The van der Waals surface area contributed by atoms with E-state index in [0.717, 1.165) is 12.8 Å². The lowest BCUT2D eigenvalue weighted by atomic mass is 9.68. The third kappa shape index (κ3) is 3.78. The van der Waals surface area contributed by atoms with Crippen molar-refractivity contribution in [3.05, 3.63) is 41.7 Å². The minimum absolute atomic E-state index is 0.0346. The first-order chi connectivity index (χ1) is 12.2. The summed E-state index contributed by atoms with van der Waals surface area (Å²) < 4.78 is 70.7. The summed E-state index contributed by atoms with van der Waals surface area (Å²) in [6, 6.07) is 0. The van der Waals surface area contributed by atoms with E-state index in [0.29, 0.717) is 19.3 Å². The summed E-state index contributed by atoms with van der Waals surface area (Å²) in [6.07, 6.45) is 3.96. The maximum Gasteiger partial charge on any atom is 0.311 e. The van der Waals surface area contributed by atoms with Crippen LogP contribution in [0.2, 0.25) is 0 Å². The van der Waals surface area contributed by atoms with Crippen LogP contribution in [0.15, 0.2) is 12.7 Å². The molecular weight excluding hydrogens is 359 g/mol. The lowest BCUT2D eigenvalue weighted by molar-refractivity contribution is -0.137. The molecule has 1 aromatic rings. The Kier molecular flexibility index (Phi) is 6.15. The molecule has 0 heterocycles. The summed E-state index contributed by atoms with van der Waals surface area (Å²) in [6.45, 7) is 3.59. The zero-order valence-electron chi connectivity index (χ0n) is 13.8. The van der Waals surface area contributed by atoms with Gasteiger partial charge in [0.2, 0.25) is 34.8 Å². The molecule has 1 atom stereocenters. The van der Waals surface area contributed by atoms with Crippen molar-refractivity contribution in [2.45, 2.75) is 44.9 Å². The number of ketones is 1. The highest BCUT2D eigenvalue weighted by atomic mass is 19.2. The molecule has 26 heavy (non-hydrogen) atoms. The van der Waals surface area contributed by atoms with Crippen molar-refractivity contribution in [3.63, 3.8) is 0 Å². The highest BCUT2D eigenvalue weighted by Crippen LogP contribution is 2.41. The molecule has 1 aromatic carbocycles. The Hall–Kier alpha value is -2.25. The first-order valence-electron chi connectivity index (χ1n) is 8.10. The maximum absolute atomic E-state index is 13.6. The van der Waals surface area contributed by atoms with E-state index in [2.05, 4.69) is 11.3 Å². The number of carbonyl (C=O) groups excluding carboxylic acids is 2. The van der Waals surface area contributed by atoms with E-state index in [1.165, 1.54) is 0 Å². The van der Waals surface area contributed by atoms with Gasteiger partial charge in [-0.25, -0.2) is 13.2 Å². The van der Waals surface area contributed by atoms with Crippen LogP contribution in [0.5, 0.6) is 5.75 Å². The molecule has 0 unspecified atom stereocenters. The van der Waals surface area contributed by atoms with Gasteiger partial charge in [0.15, 0.2) is 0 Å². The van der Waals surface area contributed by atoms with Gasteiger partial charge in [-0.1, -0.05) is 12.5 Å².